The van der Waals surface area contributed by atoms with Crippen LogP contribution in [-0.4, -0.2) is 40.7 Å². The Morgan fingerprint density at radius 1 is 1.35 bits per heavy atom. The third-order valence-corrected chi connectivity index (χ3v) is 4.19. The summed E-state index contributed by atoms with van der Waals surface area (Å²) in [7, 11) is 0. The molecule has 2 N–H and O–H groups in total. The van der Waals surface area contributed by atoms with Gasteiger partial charge in [0.1, 0.15) is 0 Å². The van der Waals surface area contributed by atoms with Gasteiger partial charge in [-0.15, -0.1) is 0 Å². The number of pyridine rings is 1. The first-order valence-electron chi connectivity index (χ1n) is 7.24. The van der Waals surface area contributed by atoms with Gasteiger partial charge in [-0.2, -0.15) is 0 Å². The smallest absolute Gasteiger partial charge is 0.256 e. The molecule has 2 heterocycles. The van der Waals surface area contributed by atoms with Crippen molar-refractivity contribution < 1.29 is 5.11 Å². The van der Waals surface area contributed by atoms with Gasteiger partial charge in [0.2, 0.25) is 0 Å². The van der Waals surface area contributed by atoms with Crippen LogP contribution in [0.5, 0.6) is 0 Å². The standard InChI is InChI=1S/C16H20N2O2/c19-11-14-5-3-8-18(14)9-7-13-10-12-4-1-2-6-15(12)16(20)17-13/h1-2,4,6,10,14,19H,3,5,7-9,11H2,(H,17,20). The molecule has 20 heavy (non-hydrogen) atoms. The molecule has 1 unspecified atom stereocenters. The van der Waals surface area contributed by atoms with Crippen LogP contribution in [0.4, 0.5) is 0 Å². The molecule has 0 spiro atoms. The highest BCUT2D eigenvalue weighted by atomic mass is 16.3. The van der Waals surface area contributed by atoms with Gasteiger partial charge in [0.25, 0.3) is 5.56 Å². The third-order valence-electron chi connectivity index (χ3n) is 4.19. The fourth-order valence-corrected chi connectivity index (χ4v) is 3.06. The van der Waals surface area contributed by atoms with Gasteiger partial charge in [-0.3, -0.25) is 9.69 Å². The van der Waals surface area contributed by atoms with Crippen LogP contribution in [0, 0.1) is 0 Å². The summed E-state index contributed by atoms with van der Waals surface area (Å²) in [5.74, 6) is 0. The van der Waals surface area contributed by atoms with Crippen LogP contribution >= 0.6 is 0 Å². The summed E-state index contributed by atoms with van der Waals surface area (Å²) in [6.45, 7) is 2.16. The number of aliphatic hydroxyl groups is 1. The maximum atomic E-state index is 12.0. The minimum absolute atomic E-state index is 0.0155. The van der Waals surface area contributed by atoms with Crippen LogP contribution < -0.4 is 5.56 Å². The molecule has 3 rings (SSSR count). The number of aromatic amines is 1. The quantitative estimate of drug-likeness (QED) is 0.887. The number of nitrogens with one attached hydrogen (secondary N) is 1. The van der Waals surface area contributed by atoms with Crippen molar-refractivity contribution in [1.82, 2.24) is 9.88 Å². The molecule has 1 aromatic heterocycles. The molecule has 1 aliphatic rings. The number of fused-ring (bicyclic) bond motifs is 1. The Hall–Kier alpha value is -1.65. The Morgan fingerprint density at radius 2 is 2.20 bits per heavy atom. The van der Waals surface area contributed by atoms with Crippen molar-refractivity contribution in [2.75, 3.05) is 19.7 Å². The van der Waals surface area contributed by atoms with E-state index in [0.29, 0.717) is 6.04 Å². The van der Waals surface area contributed by atoms with Crippen molar-refractivity contribution in [1.29, 1.82) is 0 Å². The first-order chi connectivity index (χ1) is 9.78. The molecule has 1 fully saturated rings. The Balaban J connectivity index is 1.76. The van der Waals surface area contributed by atoms with Gasteiger partial charge >= 0.3 is 0 Å². The average molecular weight is 272 g/mol. The van der Waals surface area contributed by atoms with Crippen molar-refractivity contribution in [2.24, 2.45) is 0 Å². The average Bonchev–Trinajstić information content (AvgIpc) is 2.93. The summed E-state index contributed by atoms with van der Waals surface area (Å²) >= 11 is 0. The summed E-state index contributed by atoms with van der Waals surface area (Å²) in [6.07, 6.45) is 3.04. The topological polar surface area (TPSA) is 56.3 Å². The summed E-state index contributed by atoms with van der Waals surface area (Å²) in [6, 6.07) is 10.0. The molecule has 0 saturated carbocycles. The van der Waals surface area contributed by atoms with Gasteiger partial charge in [-0.25, -0.2) is 0 Å². The molecular weight excluding hydrogens is 252 g/mol. The van der Waals surface area contributed by atoms with E-state index in [0.717, 1.165) is 48.8 Å². The maximum Gasteiger partial charge on any atom is 0.256 e. The Morgan fingerprint density at radius 3 is 3.05 bits per heavy atom. The van der Waals surface area contributed by atoms with Gasteiger partial charge in [-0.1, -0.05) is 18.2 Å². The van der Waals surface area contributed by atoms with E-state index in [1.54, 1.807) is 0 Å². The second kappa shape index (κ2) is 5.77. The number of aliphatic hydroxyl groups excluding tert-OH is 1. The van der Waals surface area contributed by atoms with Crippen LogP contribution in [-0.2, 0) is 6.42 Å². The molecule has 4 nitrogen and oxygen atoms in total. The predicted octanol–water partition coefficient (Wildman–Crippen LogP) is 1.53. The lowest BCUT2D eigenvalue weighted by atomic mass is 10.1. The zero-order chi connectivity index (χ0) is 13.9. The third kappa shape index (κ3) is 2.62. The number of H-pyrrole nitrogens is 1. The van der Waals surface area contributed by atoms with Gasteiger partial charge < -0.3 is 10.1 Å². The van der Waals surface area contributed by atoms with Crippen LogP contribution in [0.3, 0.4) is 0 Å². The van der Waals surface area contributed by atoms with Gasteiger partial charge in [0, 0.05) is 30.1 Å². The first-order valence-corrected chi connectivity index (χ1v) is 7.24. The largest absolute Gasteiger partial charge is 0.395 e. The van der Waals surface area contributed by atoms with E-state index in [1.165, 1.54) is 0 Å². The normalized spacial score (nSPS) is 19.8. The molecule has 2 aromatic rings. The number of likely N-dealkylation sites (tertiary alicyclic amines) is 1. The van der Waals surface area contributed by atoms with Crippen molar-refractivity contribution in [3.8, 4) is 0 Å². The minimum Gasteiger partial charge on any atom is -0.395 e. The van der Waals surface area contributed by atoms with Crippen LogP contribution in [0.25, 0.3) is 10.8 Å². The van der Waals surface area contributed by atoms with Gasteiger partial charge in [0.05, 0.1) is 6.61 Å². The van der Waals surface area contributed by atoms with E-state index in [9.17, 15) is 9.90 Å². The lowest BCUT2D eigenvalue weighted by Gasteiger charge is -2.22. The highest BCUT2D eigenvalue weighted by Crippen LogP contribution is 2.17. The van der Waals surface area contributed by atoms with E-state index in [1.807, 2.05) is 24.3 Å². The predicted molar refractivity (Wildman–Crippen MR) is 80.0 cm³/mol. The number of hydrogen-bond acceptors (Lipinski definition) is 3. The van der Waals surface area contributed by atoms with E-state index in [2.05, 4.69) is 16.0 Å². The Labute approximate surface area is 118 Å². The van der Waals surface area contributed by atoms with Crippen molar-refractivity contribution in [2.45, 2.75) is 25.3 Å². The number of hydrogen-bond donors (Lipinski definition) is 2. The second-order valence-corrected chi connectivity index (χ2v) is 5.48. The fraction of sp³-hybridized carbons (Fsp3) is 0.438. The minimum atomic E-state index is -0.0155. The monoisotopic (exact) mass is 272 g/mol. The molecule has 0 bridgehead atoms. The SMILES string of the molecule is O=c1[nH]c(CCN2CCCC2CO)cc2ccccc12. The summed E-state index contributed by atoms with van der Waals surface area (Å²) < 4.78 is 0. The van der Waals surface area contributed by atoms with E-state index in [-0.39, 0.29) is 12.2 Å². The number of aromatic nitrogens is 1. The lowest BCUT2D eigenvalue weighted by Crippen LogP contribution is -2.34. The molecule has 0 amide bonds. The molecule has 0 aliphatic carbocycles. The highest BCUT2D eigenvalue weighted by molar-refractivity contribution is 5.81. The number of benzene rings is 1. The van der Waals surface area contributed by atoms with Crippen molar-refractivity contribution in [3.05, 3.63) is 46.4 Å². The lowest BCUT2D eigenvalue weighted by molar-refractivity contribution is 0.160. The summed E-state index contributed by atoms with van der Waals surface area (Å²) in [4.78, 5) is 17.3. The molecule has 1 aliphatic heterocycles. The number of rotatable bonds is 4. The van der Waals surface area contributed by atoms with Gasteiger partial charge in [-0.05, 0) is 36.9 Å². The van der Waals surface area contributed by atoms with Crippen LogP contribution in [0.1, 0.15) is 18.5 Å². The molecule has 1 saturated heterocycles. The molecular formula is C16H20N2O2. The van der Waals surface area contributed by atoms with Crippen molar-refractivity contribution in [3.63, 3.8) is 0 Å². The number of nitrogens with zero attached hydrogens (tertiary/aromatic N) is 1. The molecule has 0 radical (unpaired) electrons. The maximum absolute atomic E-state index is 12.0. The van der Waals surface area contributed by atoms with E-state index in [4.69, 9.17) is 0 Å². The summed E-state index contributed by atoms with van der Waals surface area (Å²) in [5.41, 5.74) is 0.954. The molecule has 1 aromatic carbocycles. The zero-order valence-electron chi connectivity index (χ0n) is 11.5. The second-order valence-electron chi connectivity index (χ2n) is 5.48. The molecule has 106 valence electrons. The zero-order valence-corrected chi connectivity index (χ0v) is 11.5. The van der Waals surface area contributed by atoms with E-state index < -0.39 is 0 Å². The van der Waals surface area contributed by atoms with Crippen LogP contribution in [0.2, 0.25) is 0 Å². The highest BCUT2D eigenvalue weighted by Gasteiger charge is 2.23. The Kier molecular flexibility index (Phi) is 3.85. The van der Waals surface area contributed by atoms with E-state index >= 15 is 0 Å². The fourth-order valence-electron chi connectivity index (χ4n) is 3.06. The van der Waals surface area contributed by atoms with Crippen LogP contribution in [0.15, 0.2) is 35.1 Å². The first kappa shape index (κ1) is 13.3. The molecule has 1 atom stereocenters. The van der Waals surface area contributed by atoms with Gasteiger partial charge in [0.15, 0.2) is 0 Å². The molecule has 4 heteroatoms. The summed E-state index contributed by atoms with van der Waals surface area (Å²) in [5, 5.41) is 11.1. The van der Waals surface area contributed by atoms with Crippen molar-refractivity contribution >= 4 is 10.8 Å². The Bertz CT molecular complexity index is 650.